The molecule has 0 aromatic carbocycles. The summed E-state index contributed by atoms with van der Waals surface area (Å²) in [4.78, 5) is 2.24. The molecule has 2 rings (SSSR count). The van der Waals surface area contributed by atoms with Gasteiger partial charge in [0, 0.05) is 39.8 Å². The molecule has 0 bridgehead atoms. The molecule has 4 atom stereocenters. The topological polar surface area (TPSA) is 65.0 Å². The van der Waals surface area contributed by atoms with Crippen LogP contribution in [0.4, 0.5) is 0 Å². The molecule has 5 heteroatoms. The number of aliphatic hydroxyl groups is 2. The van der Waals surface area contributed by atoms with Crippen molar-refractivity contribution in [3.8, 4) is 0 Å². The maximum Gasteiger partial charge on any atom is 0.0938 e. The van der Waals surface area contributed by atoms with Gasteiger partial charge in [0.1, 0.15) is 0 Å². The Hall–Kier alpha value is -0.200. The number of aliphatic hydroxyl groups excluding tert-OH is 2. The van der Waals surface area contributed by atoms with Crippen LogP contribution in [-0.2, 0) is 4.74 Å². The molecule has 1 saturated carbocycles. The summed E-state index contributed by atoms with van der Waals surface area (Å²) in [5.41, 5.74) is 0.273. The lowest BCUT2D eigenvalue weighted by Crippen LogP contribution is -2.47. The molecule has 0 spiro atoms. The fourth-order valence-corrected chi connectivity index (χ4v) is 4.11. The first-order valence-corrected chi connectivity index (χ1v) is 8.33. The second-order valence-corrected chi connectivity index (χ2v) is 7.20. The Morgan fingerprint density at radius 3 is 2.62 bits per heavy atom. The van der Waals surface area contributed by atoms with E-state index >= 15 is 0 Å². The van der Waals surface area contributed by atoms with Gasteiger partial charge >= 0.3 is 0 Å². The van der Waals surface area contributed by atoms with Crippen molar-refractivity contribution in [1.29, 1.82) is 0 Å². The van der Waals surface area contributed by atoms with Crippen molar-refractivity contribution in [2.24, 2.45) is 11.3 Å². The molecule has 2 aliphatic rings. The van der Waals surface area contributed by atoms with Gasteiger partial charge in [-0.15, -0.1) is 0 Å². The van der Waals surface area contributed by atoms with E-state index in [9.17, 15) is 10.2 Å². The maximum atomic E-state index is 9.76. The van der Waals surface area contributed by atoms with Crippen molar-refractivity contribution in [1.82, 2.24) is 10.2 Å². The summed E-state index contributed by atoms with van der Waals surface area (Å²) in [6, 6.07) is 0. The fraction of sp³-hybridized carbons (Fsp3) is 1.00. The van der Waals surface area contributed by atoms with E-state index in [0.717, 1.165) is 32.2 Å². The molecule has 1 saturated heterocycles. The van der Waals surface area contributed by atoms with Crippen molar-refractivity contribution in [2.75, 3.05) is 46.4 Å². The highest BCUT2D eigenvalue weighted by atomic mass is 16.5. The number of nitrogens with one attached hydrogen (secondary N) is 1. The zero-order valence-corrected chi connectivity index (χ0v) is 13.6. The summed E-state index contributed by atoms with van der Waals surface area (Å²) in [5, 5.41) is 23.0. The van der Waals surface area contributed by atoms with E-state index in [1.54, 1.807) is 7.11 Å². The second-order valence-electron chi connectivity index (χ2n) is 7.20. The van der Waals surface area contributed by atoms with Crippen molar-refractivity contribution < 1.29 is 14.9 Å². The number of likely N-dealkylation sites (tertiary alicyclic amines) is 1. The Kier molecular flexibility index (Phi) is 6.44. The van der Waals surface area contributed by atoms with E-state index in [4.69, 9.17) is 4.74 Å². The second kappa shape index (κ2) is 7.88. The van der Waals surface area contributed by atoms with Crippen LogP contribution in [0.2, 0.25) is 0 Å². The third-order valence-corrected chi connectivity index (χ3v) is 5.06. The molecule has 21 heavy (non-hydrogen) atoms. The molecule has 4 unspecified atom stereocenters. The zero-order chi connectivity index (χ0) is 15.3. The minimum absolute atomic E-state index is 0.273. The summed E-state index contributed by atoms with van der Waals surface area (Å²) in [5.74, 6) is 0.764. The Morgan fingerprint density at radius 2 is 2.00 bits per heavy atom. The van der Waals surface area contributed by atoms with Crippen molar-refractivity contribution >= 4 is 0 Å². The van der Waals surface area contributed by atoms with Gasteiger partial charge in [0.2, 0.25) is 0 Å². The lowest BCUT2D eigenvalue weighted by Gasteiger charge is -2.43. The lowest BCUT2D eigenvalue weighted by molar-refractivity contribution is 0.0572. The Morgan fingerprint density at radius 1 is 1.29 bits per heavy atom. The summed E-state index contributed by atoms with van der Waals surface area (Å²) in [6.07, 6.45) is 3.92. The standard InChI is InChI=1S/C16H32N2O3/c1-13-4-3-5-16(8-13,11-17-6-7-21-2)12-18-9-14(19)15(20)10-18/h13-15,17,19-20H,3-12H2,1-2H3. The molecule has 0 amide bonds. The SMILES string of the molecule is COCCNCC1(CN2CC(O)C(O)C2)CCCC(C)C1. The van der Waals surface area contributed by atoms with Crippen molar-refractivity contribution in [2.45, 2.75) is 44.8 Å². The van der Waals surface area contributed by atoms with Crippen LogP contribution in [0, 0.1) is 11.3 Å². The summed E-state index contributed by atoms with van der Waals surface area (Å²) >= 11 is 0. The lowest BCUT2D eigenvalue weighted by atomic mass is 9.69. The normalized spacial score (nSPS) is 38.0. The zero-order valence-electron chi connectivity index (χ0n) is 13.6. The molecule has 1 aliphatic carbocycles. The van der Waals surface area contributed by atoms with Gasteiger partial charge < -0.3 is 20.3 Å². The van der Waals surface area contributed by atoms with E-state index < -0.39 is 12.2 Å². The first-order valence-electron chi connectivity index (χ1n) is 8.33. The molecular weight excluding hydrogens is 268 g/mol. The van der Waals surface area contributed by atoms with Crippen LogP contribution in [0.25, 0.3) is 0 Å². The van der Waals surface area contributed by atoms with Crippen LogP contribution in [0.5, 0.6) is 0 Å². The largest absolute Gasteiger partial charge is 0.389 e. The van der Waals surface area contributed by atoms with Gasteiger partial charge in [-0.3, -0.25) is 4.90 Å². The smallest absolute Gasteiger partial charge is 0.0938 e. The quantitative estimate of drug-likeness (QED) is 0.596. The number of ether oxygens (including phenoxy) is 1. The molecule has 0 radical (unpaired) electrons. The van der Waals surface area contributed by atoms with E-state index in [2.05, 4.69) is 17.1 Å². The van der Waals surface area contributed by atoms with E-state index in [1.165, 1.54) is 25.7 Å². The monoisotopic (exact) mass is 300 g/mol. The summed E-state index contributed by atoms with van der Waals surface area (Å²) in [7, 11) is 1.73. The van der Waals surface area contributed by atoms with Crippen LogP contribution in [0.15, 0.2) is 0 Å². The average Bonchev–Trinajstić information content (AvgIpc) is 2.73. The van der Waals surface area contributed by atoms with Gasteiger partial charge in [-0.1, -0.05) is 19.8 Å². The van der Waals surface area contributed by atoms with Gasteiger partial charge in [0.15, 0.2) is 0 Å². The van der Waals surface area contributed by atoms with Gasteiger partial charge in [0.25, 0.3) is 0 Å². The molecule has 1 heterocycles. The van der Waals surface area contributed by atoms with E-state index in [1.807, 2.05) is 0 Å². The highest BCUT2D eigenvalue weighted by Gasteiger charge is 2.39. The minimum atomic E-state index is -0.579. The maximum absolute atomic E-state index is 9.76. The Bertz CT molecular complexity index is 306. The minimum Gasteiger partial charge on any atom is -0.389 e. The third kappa shape index (κ3) is 4.89. The number of hydrogen-bond acceptors (Lipinski definition) is 5. The fourth-order valence-electron chi connectivity index (χ4n) is 4.11. The predicted molar refractivity (Wildman–Crippen MR) is 83.3 cm³/mol. The van der Waals surface area contributed by atoms with Crippen LogP contribution in [0.1, 0.15) is 32.6 Å². The van der Waals surface area contributed by atoms with Crippen LogP contribution < -0.4 is 5.32 Å². The number of β-amino-alcohol motifs (C(OH)–C–C–N with tert-alkyl or cyclic N) is 2. The Balaban J connectivity index is 1.91. The first kappa shape index (κ1) is 17.2. The molecule has 0 aromatic rings. The molecule has 124 valence electrons. The number of hydrogen-bond donors (Lipinski definition) is 3. The van der Waals surface area contributed by atoms with Crippen molar-refractivity contribution in [3.05, 3.63) is 0 Å². The first-order chi connectivity index (χ1) is 10.0. The van der Waals surface area contributed by atoms with Gasteiger partial charge in [-0.25, -0.2) is 0 Å². The van der Waals surface area contributed by atoms with Gasteiger partial charge in [0.05, 0.1) is 18.8 Å². The van der Waals surface area contributed by atoms with Crippen LogP contribution in [-0.4, -0.2) is 73.8 Å². The van der Waals surface area contributed by atoms with Crippen LogP contribution >= 0.6 is 0 Å². The van der Waals surface area contributed by atoms with Gasteiger partial charge in [-0.2, -0.15) is 0 Å². The number of rotatable bonds is 7. The van der Waals surface area contributed by atoms with Gasteiger partial charge in [-0.05, 0) is 24.2 Å². The number of nitrogens with zero attached hydrogens (tertiary/aromatic N) is 1. The number of methoxy groups -OCH3 is 1. The highest BCUT2D eigenvalue weighted by molar-refractivity contribution is 4.93. The van der Waals surface area contributed by atoms with Crippen LogP contribution in [0.3, 0.4) is 0 Å². The molecular formula is C16H32N2O3. The molecule has 0 aromatic heterocycles. The predicted octanol–water partition coefficient (Wildman–Crippen LogP) is 0.456. The van der Waals surface area contributed by atoms with E-state index in [-0.39, 0.29) is 5.41 Å². The third-order valence-electron chi connectivity index (χ3n) is 5.06. The molecule has 3 N–H and O–H groups in total. The molecule has 5 nitrogen and oxygen atoms in total. The highest BCUT2D eigenvalue weighted by Crippen LogP contribution is 2.40. The Labute approximate surface area is 128 Å². The average molecular weight is 300 g/mol. The van der Waals surface area contributed by atoms with Crippen molar-refractivity contribution in [3.63, 3.8) is 0 Å². The molecule has 2 fully saturated rings. The molecule has 1 aliphatic heterocycles. The summed E-state index contributed by atoms with van der Waals surface area (Å²) < 4.78 is 5.11. The summed E-state index contributed by atoms with van der Waals surface area (Å²) in [6.45, 7) is 7.17. The van der Waals surface area contributed by atoms with E-state index in [0.29, 0.717) is 13.1 Å².